The summed E-state index contributed by atoms with van der Waals surface area (Å²) >= 11 is 0. The van der Waals surface area contributed by atoms with Gasteiger partial charge in [0.2, 0.25) is 0 Å². The van der Waals surface area contributed by atoms with Crippen LogP contribution in [0.3, 0.4) is 0 Å². The highest BCUT2D eigenvalue weighted by atomic mass is 15.8. The van der Waals surface area contributed by atoms with Crippen molar-refractivity contribution in [2.45, 2.75) is 0 Å². The van der Waals surface area contributed by atoms with E-state index in [4.69, 9.17) is 17.2 Å². The highest BCUT2D eigenvalue weighted by Gasteiger charge is 2.23. The molecular weight excluding hydrogens is 336 g/mol. The molecule has 1 aliphatic heterocycles. The van der Waals surface area contributed by atoms with Crippen molar-refractivity contribution < 1.29 is 0 Å². The van der Waals surface area contributed by atoms with E-state index in [1.165, 1.54) is 0 Å². The smallest absolute Gasteiger partial charge is 0.0818 e. The summed E-state index contributed by atoms with van der Waals surface area (Å²) in [5.41, 5.74) is 27.9. The average Bonchev–Trinajstić information content (AvgIpc) is 2.69. The Morgan fingerprint density at radius 3 is 1.85 bits per heavy atom. The van der Waals surface area contributed by atoms with Gasteiger partial charge in [0, 0.05) is 23.0 Å². The zero-order valence-electron chi connectivity index (χ0n) is 14.8. The van der Waals surface area contributed by atoms with Gasteiger partial charge in [-0.15, -0.1) is 5.53 Å². The first-order valence-corrected chi connectivity index (χ1v) is 8.71. The summed E-state index contributed by atoms with van der Waals surface area (Å²) in [6, 6.07) is 23.3. The van der Waals surface area contributed by atoms with Gasteiger partial charge < -0.3 is 17.2 Å². The summed E-state index contributed by atoms with van der Waals surface area (Å²) in [5, 5.41) is 3.89. The van der Waals surface area contributed by atoms with Gasteiger partial charge in [0.25, 0.3) is 0 Å². The van der Waals surface area contributed by atoms with Gasteiger partial charge in [-0.3, -0.25) is 10.0 Å². The predicted octanol–water partition coefficient (Wildman–Crippen LogP) is 3.22. The van der Waals surface area contributed by atoms with Gasteiger partial charge in [0.15, 0.2) is 0 Å². The number of nitrogens with zero attached hydrogens (tertiary/aromatic N) is 2. The third kappa shape index (κ3) is 3.26. The molecule has 7 N–H and O–H groups in total. The Hall–Kier alpha value is -3.64. The van der Waals surface area contributed by atoms with Crippen LogP contribution in [0.25, 0.3) is 5.57 Å². The number of para-hydroxylation sites is 5. The van der Waals surface area contributed by atoms with Gasteiger partial charge in [-0.05, 0) is 30.3 Å². The molecule has 0 amide bonds. The van der Waals surface area contributed by atoms with Gasteiger partial charge >= 0.3 is 0 Å². The molecule has 0 radical (unpaired) electrons. The molecule has 0 fully saturated rings. The minimum atomic E-state index is 0.603. The Labute approximate surface area is 158 Å². The van der Waals surface area contributed by atoms with E-state index in [0.717, 1.165) is 28.2 Å². The molecule has 1 heterocycles. The van der Waals surface area contributed by atoms with Crippen molar-refractivity contribution in [2.75, 3.05) is 33.8 Å². The second-order valence-corrected chi connectivity index (χ2v) is 6.42. The summed E-state index contributed by atoms with van der Waals surface area (Å²) in [7, 11) is 0. The number of nitrogens with one attached hydrogen (secondary N) is 1. The standard InChI is InChI=1S/C21H22N6/c22-17-8-2-1-7-16(17)15-13-26(20-11-5-3-9-18(20)23)25-27(14-15)21-12-6-4-10-19(21)24/h1-13,25H,14,22-24H2. The third-order valence-electron chi connectivity index (χ3n) is 4.57. The fourth-order valence-electron chi connectivity index (χ4n) is 3.21. The lowest BCUT2D eigenvalue weighted by Crippen LogP contribution is -2.52. The van der Waals surface area contributed by atoms with Crippen LogP contribution >= 0.6 is 0 Å². The SMILES string of the molecule is Nc1ccccc1C1=CN(c2ccccc2N)NN(c2ccccc2N)C1. The maximum Gasteiger partial charge on any atom is 0.0818 e. The first-order valence-electron chi connectivity index (χ1n) is 8.71. The monoisotopic (exact) mass is 358 g/mol. The lowest BCUT2D eigenvalue weighted by atomic mass is 10.0. The average molecular weight is 358 g/mol. The molecule has 4 rings (SSSR count). The summed E-state index contributed by atoms with van der Waals surface area (Å²) in [5.74, 6) is 0. The number of rotatable bonds is 3. The van der Waals surface area contributed by atoms with Crippen LogP contribution in [-0.2, 0) is 0 Å². The molecule has 6 heteroatoms. The van der Waals surface area contributed by atoms with Crippen molar-refractivity contribution >= 4 is 34.0 Å². The molecular formula is C21H22N6. The van der Waals surface area contributed by atoms with E-state index in [1.54, 1.807) is 0 Å². The normalized spacial score (nSPS) is 14.1. The van der Waals surface area contributed by atoms with Gasteiger partial charge in [-0.2, -0.15) is 0 Å². The topological polar surface area (TPSA) is 96.6 Å². The number of benzene rings is 3. The summed E-state index contributed by atoms with van der Waals surface area (Å²) in [6.45, 7) is 0.603. The molecule has 6 nitrogen and oxygen atoms in total. The molecule has 136 valence electrons. The Kier molecular flexibility index (Phi) is 4.32. The minimum Gasteiger partial charge on any atom is -0.398 e. The molecule has 0 saturated carbocycles. The van der Waals surface area contributed by atoms with Crippen LogP contribution < -0.4 is 32.8 Å². The predicted molar refractivity (Wildman–Crippen MR) is 114 cm³/mol. The number of nitrogens with two attached hydrogens (primary N) is 3. The summed E-state index contributed by atoms with van der Waals surface area (Å²) in [4.78, 5) is 0. The maximum atomic E-state index is 6.23. The van der Waals surface area contributed by atoms with Crippen LogP contribution in [0, 0.1) is 0 Å². The highest BCUT2D eigenvalue weighted by Crippen LogP contribution is 2.32. The Balaban J connectivity index is 1.81. The van der Waals surface area contributed by atoms with Crippen molar-refractivity contribution in [1.82, 2.24) is 5.53 Å². The summed E-state index contributed by atoms with van der Waals surface area (Å²) < 4.78 is 0. The van der Waals surface area contributed by atoms with Crippen LogP contribution in [0.4, 0.5) is 28.4 Å². The van der Waals surface area contributed by atoms with E-state index in [9.17, 15) is 0 Å². The lowest BCUT2D eigenvalue weighted by molar-refractivity contribution is 0.647. The Morgan fingerprint density at radius 1 is 0.667 bits per heavy atom. The van der Waals surface area contributed by atoms with E-state index in [-0.39, 0.29) is 0 Å². The van der Waals surface area contributed by atoms with E-state index in [2.05, 4.69) is 5.53 Å². The molecule has 0 aliphatic carbocycles. The van der Waals surface area contributed by atoms with Crippen molar-refractivity contribution in [3.05, 3.63) is 84.6 Å². The largest absolute Gasteiger partial charge is 0.398 e. The van der Waals surface area contributed by atoms with Crippen molar-refractivity contribution in [1.29, 1.82) is 0 Å². The fraction of sp³-hybridized carbons (Fsp3) is 0.0476. The van der Waals surface area contributed by atoms with Crippen molar-refractivity contribution in [2.24, 2.45) is 0 Å². The van der Waals surface area contributed by atoms with Gasteiger partial charge in [0.1, 0.15) is 0 Å². The number of anilines is 5. The molecule has 3 aromatic rings. The lowest BCUT2D eigenvalue weighted by Gasteiger charge is -2.38. The molecule has 0 aromatic heterocycles. The van der Waals surface area contributed by atoms with Crippen molar-refractivity contribution in [3.63, 3.8) is 0 Å². The number of hydrogen-bond acceptors (Lipinski definition) is 6. The van der Waals surface area contributed by atoms with Crippen LogP contribution in [0.15, 0.2) is 79.0 Å². The second kappa shape index (κ2) is 6.93. The second-order valence-electron chi connectivity index (χ2n) is 6.42. The van der Waals surface area contributed by atoms with Crippen LogP contribution in [0.5, 0.6) is 0 Å². The molecule has 0 atom stereocenters. The Morgan fingerprint density at radius 2 is 1.22 bits per heavy atom. The third-order valence-corrected chi connectivity index (χ3v) is 4.57. The van der Waals surface area contributed by atoms with Gasteiger partial charge in [-0.25, -0.2) is 0 Å². The van der Waals surface area contributed by atoms with Crippen molar-refractivity contribution in [3.8, 4) is 0 Å². The number of hydrazine groups is 2. The summed E-state index contributed by atoms with van der Waals surface area (Å²) in [6.07, 6.45) is 2.02. The van der Waals surface area contributed by atoms with Crippen LogP contribution in [0.1, 0.15) is 5.56 Å². The first kappa shape index (κ1) is 16.8. The molecule has 0 bridgehead atoms. The Bertz CT molecular complexity index is 997. The maximum absolute atomic E-state index is 6.23. The van der Waals surface area contributed by atoms with E-state index >= 15 is 0 Å². The molecule has 3 aromatic carbocycles. The number of hydrogen-bond donors (Lipinski definition) is 4. The number of nitrogen functional groups attached to an aromatic ring is 3. The quantitative estimate of drug-likeness (QED) is 0.537. The zero-order chi connectivity index (χ0) is 18.8. The van der Waals surface area contributed by atoms with E-state index < -0.39 is 0 Å². The van der Waals surface area contributed by atoms with E-state index in [1.807, 2.05) is 89.0 Å². The molecule has 0 unspecified atom stereocenters. The minimum absolute atomic E-state index is 0.603. The zero-order valence-corrected chi connectivity index (χ0v) is 14.8. The first-order chi connectivity index (χ1) is 13.1. The molecule has 1 aliphatic rings. The highest BCUT2D eigenvalue weighted by molar-refractivity contribution is 5.83. The molecule has 0 saturated heterocycles. The molecule has 27 heavy (non-hydrogen) atoms. The van der Waals surface area contributed by atoms with E-state index in [0.29, 0.717) is 17.9 Å². The van der Waals surface area contributed by atoms with Crippen LogP contribution in [0.2, 0.25) is 0 Å². The van der Waals surface area contributed by atoms with Crippen LogP contribution in [-0.4, -0.2) is 6.54 Å². The van der Waals surface area contributed by atoms with Gasteiger partial charge in [0.05, 0.1) is 29.3 Å². The van der Waals surface area contributed by atoms with Gasteiger partial charge in [-0.1, -0.05) is 42.5 Å². The molecule has 0 spiro atoms. The fourth-order valence-corrected chi connectivity index (χ4v) is 3.21.